The molecule has 2 aromatic carbocycles. The van der Waals surface area contributed by atoms with Gasteiger partial charge in [0.05, 0.1) is 23.8 Å². The molecule has 0 bridgehead atoms. The van der Waals surface area contributed by atoms with Gasteiger partial charge in [0.1, 0.15) is 22.7 Å². The van der Waals surface area contributed by atoms with E-state index in [1.807, 2.05) is 68.3 Å². The lowest BCUT2D eigenvalue weighted by atomic mass is 10.1. The molecule has 1 aliphatic rings. The third-order valence-corrected chi connectivity index (χ3v) is 6.70. The van der Waals surface area contributed by atoms with E-state index in [2.05, 4.69) is 4.85 Å². The smallest absolute Gasteiger partial charge is 0.343 e. The standard InChI is InChI=1S/C34H26N4O5/c1-36-30(20-35)25-16-28(12-8-23-14-21-6-10-26(37(2)3)18-31(21)42-33(23)39)41-29(17-25)13-9-24-15-22-7-11-27(38(4)5)19-32(22)43-34(24)40/h6-19H,2-5H3. The van der Waals surface area contributed by atoms with Gasteiger partial charge in [-0.05, 0) is 78.4 Å². The largest absolute Gasteiger partial charge is 0.457 e. The Labute approximate surface area is 247 Å². The highest BCUT2D eigenvalue weighted by Gasteiger charge is 2.13. The van der Waals surface area contributed by atoms with Gasteiger partial charge in [0, 0.05) is 62.5 Å². The van der Waals surface area contributed by atoms with Crippen molar-refractivity contribution in [3.63, 3.8) is 0 Å². The normalized spacial score (nSPS) is 13.0. The highest BCUT2D eigenvalue weighted by atomic mass is 16.5. The second-order valence-electron chi connectivity index (χ2n) is 10.1. The molecule has 4 aromatic rings. The Bertz CT molecular complexity index is 1980. The van der Waals surface area contributed by atoms with Crippen molar-refractivity contribution in [3.8, 4) is 6.07 Å². The Kier molecular flexibility index (Phi) is 7.82. The third kappa shape index (κ3) is 6.17. The van der Waals surface area contributed by atoms with Crippen molar-refractivity contribution in [1.82, 2.24) is 0 Å². The molecule has 0 N–H and O–H groups in total. The lowest BCUT2D eigenvalue weighted by Gasteiger charge is -2.14. The maximum absolute atomic E-state index is 12.7. The lowest BCUT2D eigenvalue weighted by Crippen LogP contribution is -2.09. The molecule has 0 fully saturated rings. The summed E-state index contributed by atoms with van der Waals surface area (Å²) >= 11 is 0. The molecule has 1 aliphatic heterocycles. The van der Waals surface area contributed by atoms with Crippen LogP contribution in [0.5, 0.6) is 0 Å². The monoisotopic (exact) mass is 570 g/mol. The Hall–Kier alpha value is -6.06. The first-order valence-electron chi connectivity index (χ1n) is 13.1. The molecule has 0 atom stereocenters. The van der Waals surface area contributed by atoms with Crippen LogP contribution in [0.3, 0.4) is 0 Å². The number of nitrogens with zero attached hydrogens (tertiary/aromatic N) is 4. The third-order valence-electron chi connectivity index (χ3n) is 6.70. The second-order valence-corrected chi connectivity index (χ2v) is 10.1. The molecule has 0 saturated carbocycles. The summed E-state index contributed by atoms with van der Waals surface area (Å²) in [5.41, 5.74) is 2.47. The fourth-order valence-electron chi connectivity index (χ4n) is 4.36. The van der Waals surface area contributed by atoms with Crippen LogP contribution in [0, 0.1) is 17.9 Å². The quantitative estimate of drug-likeness (QED) is 0.152. The first-order chi connectivity index (χ1) is 20.6. The summed E-state index contributed by atoms with van der Waals surface area (Å²) < 4.78 is 17.0. The Balaban J connectivity index is 1.46. The van der Waals surface area contributed by atoms with Crippen LogP contribution in [0.2, 0.25) is 0 Å². The van der Waals surface area contributed by atoms with Crippen molar-refractivity contribution in [2.45, 2.75) is 0 Å². The molecule has 0 radical (unpaired) electrons. The Morgan fingerprint density at radius 3 is 1.63 bits per heavy atom. The molecule has 212 valence electrons. The van der Waals surface area contributed by atoms with Crippen molar-refractivity contribution in [1.29, 1.82) is 5.26 Å². The maximum atomic E-state index is 12.7. The number of nitriles is 1. The molecule has 43 heavy (non-hydrogen) atoms. The van der Waals surface area contributed by atoms with Crippen LogP contribution < -0.4 is 21.1 Å². The minimum Gasteiger partial charge on any atom is -0.457 e. The zero-order chi connectivity index (χ0) is 30.7. The molecule has 0 spiro atoms. The summed E-state index contributed by atoms with van der Waals surface area (Å²) in [6.45, 7) is 7.39. The van der Waals surface area contributed by atoms with Gasteiger partial charge in [0.25, 0.3) is 5.70 Å². The van der Waals surface area contributed by atoms with E-state index >= 15 is 0 Å². The molecule has 2 aromatic heterocycles. The van der Waals surface area contributed by atoms with Gasteiger partial charge in [-0.25, -0.2) is 19.7 Å². The number of hydrogen-bond acceptors (Lipinski definition) is 8. The summed E-state index contributed by atoms with van der Waals surface area (Å²) in [5.74, 6) is 0.551. The SMILES string of the molecule is [C-]#[N+]C(C#N)=C1C=C(C=Cc2cc3ccc(N(C)C)cc3oc2=O)OC(C=Cc2cc3ccc(N(C)C)cc3oc2=O)=C1. The number of anilines is 2. The summed E-state index contributed by atoms with van der Waals surface area (Å²) in [6.07, 6.45) is 9.26. The van der Waals surface area contributed by atoms with Gasteiger partial charge in [-0.1, -0.05) is 0 Å². The van der Waals surface area contributed by atoms with Crippen LogP contribution in [0.25, 0.3) is 38.9 Å². The highest BCUT2D eigenvalue weighted by Crippen LogP contribution is 2.26. The van der Waals surface area contributed by atoms with Gasteiger partial charge in [0.15, 0.2) is 0 Å². The predicted octanol–water partition coefficient (Wildman–Crippen LogP) is 6.25. The van der Waals surface area contributed by atoms with Crippen molar-refractivity contribution < 1.29 is 13.6 Å². The maximum Gasteiger partial charge on any atom is 0.343 e. The molecule has 0 unspecified atom stereocenters. The van der Waals surface area contributed by atoms with Gasteiger partial charge < -0.3 is 23.4 Å². The Morgan fingerprint density at radius 1 is 0.767 bits per heavy atom. The van der Waals surface area contributed by atoms with Crippen LogP contribution in [-0.2, 0) is 4.74 Å². The number of fused-ring (bicyclic) bond motifs is 2. The minimum atomic E-state index is -0.526. The molecule has 0 amide bonds. The van der Waals surface area contributed by atoms with Crippen molar-refractivity contribution in [2.75, 3.05) is 38.0 Å². The number of allylic oxidation sites excluding steroid dienone is 6. The van der Waals surface area contributed by atoms with E-state index in [1.54, 1.807) is 48.6 Å². The molecular formula is C34H26N4O5. The van der Waals surface area contributed by atoms with Crippen LogP contribution in [-0.4, -0.2) is 28.2 Å². The van der Waals surface area contributed by atoms with Crippen LogP contribution in [0.4, 0.5) is 11.4 Å². The zero-order valence-electron chi connectivity index (χ0n) is 23.9. The predicted molar refractivity (Wildman–Crippen MR) is 168 cm³/mol. The average Bonchev–Trinajstić information content (AvgIpc) is 2.99. The molecule has 3 heterocycles. The van der Waals surface area contributed by atoms with Gasteiger partial charge in [-0.2, -0.15) is 0 Å². The molecule has 5 rings (SSSR count). The van der Waals surface area contributed by atoms with Gasteiger partial charge >= 0.3 is 11.3 Å². The fraction of sp³-hybridized carbons (Fsp3) is 0.118. The van der Waals surface area contributed by atoms with Gasteiger partial charge in [0.2, 0.25) is 0 Å². The van der Waals surface area contributed by atoms with Gasteiger partial charge in [-0.3, -0.25) is 0 Å². The molecule has 0 saturated heterocycles. The first kappa shape index (κ1) is 28.5. The summed E-state index contributed by atoms with van der Waals surface area (Å²) in [6, 6.07) is 16.5. The van der Waals surface area contributed by atoms with E-state index in [1.165, 1.54) is 12.2 Å². The lowest BCUT2D eigenvalue weighted by molar-refractivity contribution is 0.332. The molecule has 9 nitrogen and oxygen atoms in total. The number of rotatable bonds is 6. The van der Waals surface area contributed by atoms with Crippen LogP contribution >= 0.6 is 0 Å². The summed E-state index contributed by atoms with van der Waals surface area (Å²) in [4.78, 5) is 32.5. The fourth-order valence-corrected chi connectivity index (χ4v) is 4.36. The van der Waals surface area contributed by atoms with Crippen molar-refractivity contribution in [3.05, 3.63) is 139 Å². The molecule has 0 aliphatic carbocycles. The minimum absolute atomic E-state index is 0.135. The van der Waals surface area contributed by atoms with E-state index in [0.717, 1.165) is 22.1 Å². The van der Waals surface area contributed by atoms with Gasteiger partial charge in [-0.15, -0.1) is 0 Å². The van der Waals surface area contributed by atoms with E-state index < -0.39 is 11.3 Å². The van der Waals surface area contributed by atoms with E-state index in [0.29, 0.717) is 27.9 Å². The summed E-state index contributed by atoms with van der Waals surface area (Å²) in [7, 11) is 7.60. The summed E-state index contributed by atoms with van der Waals surface area (Å²) in [5, 5.41) is 11.0. The van der Waals surface area contributed by atoms with Crippen LogP contribution in [0.15, 0.2) is 114 Å². The second kappa shape index (κ2) is 11.8. The van der Waals surface area contributed by atoms with Crippen LogP contribution in [0.1, 0.15) is 11.1 Å². The van der Waals surface area contributed by atoms with E-state index in [9.17, 15) is 14.9 Å². The topological polar surface area (TPSA) is 104 Å². The first-order valence-corrected chi connectivity index (χ1v) is 13.1. The van der Waals surface area contributed by atoms with E-state index in [-0.39, 0.29) is 17.2 Å². The molecule has 9 heteroatoms. The average molecular weight is 571 g/mol. The highest BCUT2D eigenvalue weighted by molar-refractivity contribution is 5.83. The van der Waals surface area contributed by atoms with E-state index in [4.69, 9.17) is 20.1 Å². The molecular weight excluding hydrogens is 544 g/mol. The van der Waals surface area contributed by atoms with Crippen molar-refractivity contribution in [2.24, 2.45) is 0 Å². The van der Waals surface area contributed by atoms with Crippen molar-refractivity contribution >= 4 is 45.5 Å². The number of benzene rings is 2. The Morgan fingerprint density at radius 2 is 1.23 bits per heavy atom. The number of ether oxygens (including phenoxy) is 1. The zero-order valence-corrected chi connectivity index (χ0v) is 23.9. The number of hydrogen-bond donors (Lipinski definition) is 0.